The topological polar surface area (TPSA) is 72.5 Å². The van der Waals surface area contributed by atoms with Crippen LogP contribution < -0.4 is 10.5 Å². The van der Waals surface area contributed by atoms with E-state index < -0.39 is 5.97 Å². The molecule has 4 nitrogen and oxygen atoms in total. The molecule has 0 bridgehead atoms. The summed E-state index contributed by atoms with van der Waals surface area (Å²) in [4.78, 5) is 10.8. The van der Waals surface area contributed by atoms with Gasteiger partial charge in [0.05, 0.1) is 18.4 Å². The van der Waals surface area contributed by atoms with Crippen LogP contribution in [0.1, 0.15) is 22.8 Å². The Morgan fingerprint density at radius 1 is 1.57 bits per heavy atom. The van der Waals surface area contributed by atoms with E-state index in [1.165, 1.54) is 7.11 Å². The van der Waals surface area contributed by atoms with E-state index in [1.54, 1.807) is 12.1 Å². The van der Waals surface area contributed by atoms with Crippen LogP contribution in [0.15, 0.2) is 12.1 Å². The Kier molecular flexibility index (Phi) is 2.96. The minimum absolute atomic E-state index is 0.0983. The summed E-state index contributed by atoms with van der Waals surface area (Å²) >= 11 is 0. The number of carboxylic acid groups (broad SMARTS) is 1. The van der Waals surface area contributed by atoms with Crippen molar-refractivity contribution in [2.24, 2.45) is 0 Å². The Hall–Kier alpha value is -1.71. The highest BCUT2D eigenvalue weighted by atomic mass is 16.5. The summed E-state index contributed by atoms with van der Waals surface area (Å²) in [5.41, 5.74) is 6.79. The van der Waals surface area contributed by atoms with Gasteiger partial charge in [0, 0.05) is 0 Å². The lowest BCUT2D eigenvalue weighted by Crippen LogP contribution is -2.05. The molecule has 0 saturated carbocycles. The van der Waals surface area contributed by atoms with Gasteiger partial charge in [0.15, 0.2) is 0 Å². The average Bonchev–Trinajstić information content (AvgIpc) is 2.17. The first kappa shape index (κ1) is 10.4. The predicted molar refractivity (Wildman–Crippen MR) is 53.7 cm³/mol. The van der Waals surface area contributed by atoms with Gasteiger partial charge >= 0.3 is 5.97 Å². The number of anilines is 1. The number of benzene rings is 1. The van der Waals surface area contributed by atoms with Crippen LogP contribution >= 0.6 is 0 Å². The highest BCUT2D eigenvalue weighted by molar-refractivity contribution is 5.95. The van der Waals surface area contributed by atoms with Gasteiger partial charge in [-0.25, -0.2) is 4.79 Å². The van der Waals surface area contributed by atoms with Crippen molar-refractivity contribution in [3.05, 3.63) is 23.3 Å². The first-order valence-electron chi connectivity index (χ1n) is 4.29. The number of rotatable bonds is 3. The van der Waals surface area contributed by atoms with Crippen LogP contribution in [0.3, 0.4) is 0 Å². The predicted octanol–water partition coefficient (Wildman–Crippen LogP) is 1.54. The lowest BCUT2D eigenvalue weighted by atomic mass is 10.1. The summed E-state index contributed by atoms with van der Waals surface area (Å²) in [5, 5.41) is 8.87. The van der Waals surface area contributed by atoms with Crippen LogP contribution in [0.25, 0.3) is 0 Å². The third-order valence-electron chi connectivity index (χ3n) is 2.06. The lowest BCUT2D eigenvalue weighted by Gasteiger charge is -2.09. The Bertz CT molecular complexity index is 361. The number of carboxylic acids is 1. The first-order chi connectivity index (χ1) is 6.60. The van der Waals surface area contributed by atoms with Gasteiger partial charge in [-0.1, -0.05) is 6.92 Å². The summed E-state index contributed by atoms with van der Waals surface area (Å²) in [6.07, 6.45) is 0.747. The van der Waals surface area contributed by atoms with E-state index in [9.17, 15) is 4.79 Å². The van der Waals surface area contributed by atoms with Gasteiger partial charge in [-0.3, -0.25) is 0 Å². The van der Waals surface area contributed by atoms with Crippen molar-refractivity contribution in [1.82, 2.24) is 0 Å². The maximum absolute atomic E-state index is 10.8. The van der Waals surface area contributed by atoms with Gasteiger partial charge in [-0.2, -0.15) is 0 Å². The maximum Gasteiger partial charge on any atom is 0.337 e. The fraction of sp³-hybridized carbons (Fsp3) is 0.300. The van der Waals surface area contributed by atoms with Crippen LogP contribution in [0.2, 0.25) is 0 Å². The highest BCUT2D eigenvalue weighted by Gasteiger charge is 2.13. The molecular weight excluding hydrogens is 182 g/mol. The molecule has 0 aliphatic heterocycles. The van der Waals surface area contributed by atoms with Crippen molar-refractivity contribution >= 4 is 11.7 Å². The SMILES string of the molecule is CCc1cc(OC)c(N)c(C(=O)O)c1. The summed E-state index contributed by atoms with van der Waals surface area (Å²) in [6.45, 7) is 1.94. The van der Waals surface area contributed by atoms with E-state index in [-0.39, 0.29) is 11.3 Å². The molecule has 0 saturated heterocycles. The number of carbonyl (C=O) groups is 1. The molecule has 0 spiro atoms. The zero-order chi connectivity index (χ0) is 10.7. The molecule has 76 valence electrons. The van der Waals surface area contributed by atoms with Crippen LogP contribution in [0, 0.1) is 0 Å². The highest BCUT2D eigenvalue weighted by Crippen LogP contribution is 2.27. The smallest absolute Gasteiger partial charge is 0.337 e. The Balaban J connectivity index is 3.34. The van der Waals surface area contributed by atoms with Crippen LogP contribution in [0.4, 0.5) is 5.69 Å². The lowest BCUT2D eigenvalue weighted by molar-refractivity contribution is 0.0697. The summed E-state index contributed by atoms with van der Waals surface area (Å²) in [5.74, 6) is -0.613. The second kappa shape index (κ2) is 4.00. The molecule has 14 heavy (non-hydrogen) atoms. The molecule has 0 aromatic heterocycles. The Morgan fingerprint density at radius 3 is 2.64 bits per heavy atom. The van der Waals surface area contributed by atoms with Crippen molar-refractivity contribution in [1.29, 1.82) is 0 Å². The van der Waals surface area contributed by atoms with E-state index in [1.807, 2.05) is 6.92 Å². The van der Waals surface area contributed by atoms with Gasteiger partial charge in [0.25, 0.3) is 0 Å². The number of ether oxygens (including phenoxy) is 1. The zero-order valence-electron chi connectivity index (χ0n) is 8.20. The molecule has 4 heteroatoms. The molecule has 0 unspecified atom stereocenters. The van der Waals surface area contributed by atoms with E-state index in [0.29, 0.717) is 5.75 Å². The van der Waals surface area contributed by atoms with Gasteiger partial charge < -0.3 is 15.6 Å². The van der Waals surface area contributed by atoms with Crippen molar-refractivity contribution < 1.29 is 14.6 Å². The van der Waals surface area contributed by atoms with E-state index in [0.717, 1.165) is 12.0 Å². The summed E-state index contributed by atoms with van der Waals surface area (Å²) in [6, 6.07) is 3.32. The third kappa shape index (κ3) is 1.79. The van der Waals surface area contributed by atoms with Crippen LogP contribution in [0.5, 0.6) is 5.75 Å². The quantitative estimate of drug-likeness (QED) is 0.717. The van der Waals surface area contributed by atoms with Crippen LogP contribution in [-0.4, -0.2) is 18.2 Å². The molecule has 0 amide bonds. The second-order valence-corrected chi connectivity index (χ2v) is 2.92. The number of nitrogens with two attached hydrogens (primary N) is 1. The number of hydrogen-bond acceptors (Lipinski definition) is 3. The molecule has 1 aromatic carbocycles. The normalized spacial score (nSPS) is 9.86. The summed E-state index contributed by atoms with van der Waals surface area (Å²) in [7, 11) is 1.47. The minimum atomic E-state index is -1.03. The minimum Gasteiger partial charge on any atom is -0.495 e. The second-order valence-electron chi connectivity index (χ2n) is 2.92. The number of aromatic carboxylic acids is 1. The largest absolute Gasteiger partial charge is 0.495 e. The zero-order valence-corrected chi connectivity index (χ0v) is 8.20. The van der Waals surface area contributed by atoms with Crippen molar-refractivity contribution in [2.45, 2.75) is 13.3 Å². The molecule has 3 N–H and O–H groups in total. The third-order valence-corrected chi connectivity index (χ3v) is 2.06. The van der Waals surface area contributed by atoms with Crippen molar-refractivity contribution in [3.8, 4) is 5.75 Å². The van der Waals surface area contributed by atoms with Gasteiger partial charge in [-0.05, 0) is 24.1 Å². The van der Waals surface area contributed by atoms with Gasteiger partial charge in [0.1, 0.15) is 5.75 Å². The molecule has 0 heterocycles. The molecule has 1 rings (SSSR count). The van der Waals surface area contributed by atoms with Crippen LogP contribution in [-0.2, 0) is 6.42 Å². The fourth-order valence-corrected chi connectivity index (χ4v) is 1.23. The molecule has 0 radical (unpaired) electrons. The monoisotopic (exact) mass is 195 g/mol. The summed E-state index contributed by atoms with van der Waals surface area (Å²) < 4.78 is 4.99. The molecule has 0 atom stereocenters. The maximum atomic E-state index is 10.8. The Labute approximate surface area is 82.3 Å². The molecule has 0 aliphatic rings. The first-order valence-corrected chi connectivity index (χ1v) is 4.29. The van der Waals surface area contributed by atoms with Gasteiger partial charge in [0.2, 0.25) is 0 Å². The molecule has 0 aliphatic carbocycles. The molecule has 0 fully saturated rings. The number of hydrogen-bond donors (Lipinski definition) is 2. The molecular formula is C10H13NO3. The number of nitrogen functional groups attached to an aromatic ring is 1. The van der Waals surface area contributed by atoms with E-state index in [2.05, 4.69) is 0 Å². The van der Waals surface area contributed by atoms with Gasteiger partial charge in [-0.15, -0.1) is 0 Å². The molecule has 1 aromatic rings. The number of aryl methyl sites for hydroxylation is 1. The van der Waals surface area contributed by atoms with E-state index in [4.69, 9.17) is 15.6 Å². The Morgan fingerprint density at radius 2 is 2.21 bits per heavy atom. The fourth-order valence-electron chi connectivity index (χ4n) is 1.23. The van der Waals surface area contributed by atoms with Crippen molar-refractivity contribution in [3.63, 3.8) is 0 Å². The van der Waals surface area contributed by atoms with Crippen molar-refractivity contribution in [2.75, 3.05) is 12.8 Å². The average molecular weight is 195 g/mol. The van der Waals surface area contributed by atoms with E-state index >= 15 is 0 Å². The number of methoxy groups -OCH3 is 1. The standard InChI is InChI=1S/C10H13NO3/c1-3-6-4-7(10(12)13)9(11)8(5-6)14-2/h4-5H,3,11H2,1-2H3,(H,12,13).